The van der Waals surface area contributed by atoms with Gasteiger partial charge < -0.3 is 14.4 Å². The number of carbonyl (C=O) groups excluding carboxylic acids is 1. The van der Waals surface area contributed by atoms with Gasteiger partial charge >= 0.3 is 0 Å². The van der Waals surface area contributed by atoms with Crippen LogP contribution in [0, 0.1) is 13.8 Å². The predicted octanol–water partition coefficient (Wildman–Crippen LogP) is 5.17. The van der Waals surface area contributed by atoms with Crippen molar-refractivity contribution in [3.63, 3.8) is 0 Å². The Morgan fingerprint density at radius 3 is 2.57 bits per heavy atom. The van der Waals surface area contributed by atoms with E-state index in [4.69, 9.17) is 9.47 Å². The summed E-state index contributed by atoms with van der Waals surface area (Å²) in [6.45, 7) is 5.07. The van der Waals surface area contributed by atoms with Crippen LogP contribution >= 0.6 is 11.8 Å². The highest BCUT2D eigenvalue weighted by atomic mass is 32.2. The fraction of sp³-hybridized carbons (Fsp3) is 0.435. The van der Waals surface area contributed by atoms with Gasteiger partial charge in [0.25, 0.3) is 0 Å². The first kappa shape index (κ1) is 20.6. The van der Waals surface area contributed by atoms with Crippen molar-refractivity contribution >= 4 is 17.7 Å². The summed E-state index contributed by atoms with van der Waals surface area (Å²) in [6, 6.07) is 12.6. The lowest BCUT2D eigenvalue weighted by molar-refractivity contribution is -0.131. The first-order valence-corrected chi connectivity index (χ1v) is 10.7. The molecular formula is C23H29NO3S. The zero-order valence-electron chi connectivity index (χ0n) is 17.2. The zero-order chi connectivity index (χ0) is 20.1. The van der Waals surface area contributed by atoms with Crippen LogP contribution in [-0.4, -0.2) is 37.3 Å². The number of amides is 1. The van der Waals surface area contributed by atoms with Crippen LogP contribution < -0.4 is 9.47 Å². The van der Waals surface area contributed by atoms with Crippen molar-refractivity contribution < 1.29 is 14.3 Å². The Bertz CT molecular complexity index is 837. The van der Waals surface area contributed by atoms with Crippen molar-refractivity contribution in [2.24, 2.45) is 0 Å². The molecule has 0 aliphatic carbocycles. The number of thioether (sulfide) groups is 1. The molecule has 150 valence electrons. The van der Waals surface area contributed by atoms with E-state index in [-0.39, 0.29) is 11.9 Å². The summed E-state index contributed by atoms with van der Waals surface area (Å²) in [6.07, 6.45) is 2.59. The standard InChI is InChI=1S/C23H29NO3S/c1-16-7-9-19(14-17(16)2)28-13-11-23(25)24-12-5-6-20(24)18-8-10-21(26-3)22(15-18)27-4/h7-10,14-15,20H,5-6,11-13H2,1-4H3. The van der Waals surface area contributed by atoms with Crippen LogP contribution in [0.2, 0.25) is 0 Å². The molecule has 0 N–H and O–H groups in total. The van der Waals surface area contributed by atoms with E-state index in [1.165, 1.54) is 16.0 Å². The smallest absolute Gasteiger partial charge is 0.223 e. The Hall–Kier alpha value is -2.14. The van der Waals surface area contributed by atoms with Crippen molar-refractivity contribution in [2.75, 3.05) is 26.5 Å². The first-order chi connectivity index (χ1) is 13.5. The van der Waals surface area contributed by atoms with E-state index in [0.29, 0.717) is 17.9 Å². The molecule has 4 nitrogen and oxygen atoms in total. The van der Waals surface area contributed by atoms with Crippen molar-refractivity contribution in [3.8, 4) is 11.5 Å². The third-order valence-electron chi connectivity index (χ3n) is 5.43. The highest BCUT2D eigenvalue weighted by Crippen LogP contribution is 2.37. The molecule has 1 atom stereocenters. The van der Waals surface area contributed by atoms with E-state index in [1.807, 2.05) is 23.1 Å². The van der Waals surface area contributed by atoms with Gasteiger partial charge in [-0.1, -0.05) is 12.1 Å². The summed E-state index contributed by atoms with van der Waals surface area (Å²) in [4.78, 5) is 16.1. The molecule has 1 fully saturated rings. The van der Waals surface area contributed by atoms with Crippen molar-refractivity contribution in [1.82, 2.24) is 4.90 Å². The molecule has 2 aromatic rings. The highest BCUT2D eigenvalue weighted by molar-refractivity contribution is 7.99. The third kappa shape index (κ3) is 4.64. The average Bonchev–Trinajstić information content (AvgIpc) is 3.20. The number of rotatable bonds is 7. The van der Waals surface area contributed by atoms with Gasteiger partial charge in [-0.3, -0.25) is 4.79 Å². The minimum absolute atomic E-state index is 0.124. The molecule has 1 saturated heterocycles. The molecule has 2 aromatic carbocycles. The summed E-state index contributed by atoms with van der Waals surface area (Å²) < 4.78 is 10.8. The summed E-state index contributed by atoms with van der Waals surface area (Å²) in [7, 11) is 3.28. The van der Waals surface area contributed by atoms with Crippen LogP contribution in [0.3, 0.4) is 0 Å². The number of likely N-dealkylation sites (tertiary alicyclic amines) is 1. The summed E-state index contributed by atoms with van der Waals surface area (Å²) in [5.74, 6) is 2.46. The van der Waals surface area contributed by atoms with Crippen LogP contribution in [0.5, 0.6) is 11.5 Å². The number of ether oxygens (including phenoxy) is 2. The lowest BCUT2D eigenvalue weighted by atomic mass is 10.0. The van der Waals surface area contributed by atoms with Gasteiger partial charge in [0.1, 0.15) is 0 Å². The van der Waals surface area contributed by atoms with Gasteiger partial charge in [-0.25, -0.2) is 0 Å². The number of hydrogen-bond acceptors (Lipinski definition) is 4. The molecule has 3 rings (SSSR count). The molecule has 0 saturated carbocycles. The third-order valence-corrected chi connectivity index (χ3v) is 6.42. The second-order valence-corrected chi connectivity index (χ2v) is 8.37. The Morgan fingerprint density at radius 1 is 1.07 bits per heavy atom. The molecule has 1 amide bonds. The second-order valence-electron chi connectivity index (χ2n) is 7.20. The minimum Gasteiger partial charge on any atom is -0.493 e. The van der Waals surface area contributed by atoms with Gasteiger partial charge in [0, 0.05) is 23.6 Å². The molecule has 0 radical (unpaired) electrons. The molecule has 0 aromatic heterocycles. The Balaban J connectivity index is 1.62. The maximum atomic E-state index is 12.9. The number of benzene rings is 2. The van der Waals surface area contributed by atoms with Gasteiger partial charge in [0.2, 0.25) is 5.91 Å². The van der Waals surface area contributed by atoms with E-state index >= 15 is 0 Å². The number of nitrogens with zero attached hydrogens (tertiary/aromatic N) is 1. The normalized spacial score (nSPS) is 16.3. The maximum absolute atomic E-state index is 12.9. The van der Waals surface area contributed by atoms with E-state index in [0.717, 1.165) is 30.7 Å². The summed E-state index contributed by atoms with van der Waals surface area (Å²) in [5, 5.41) is 0. The summed E-state index contributed by atoms with van der Waals surface area (Å²) in [5.41, 5.74) is 3.71. The molecule has 28 heavy (non-hydrogen) atoms. The molecule has 1 unspecified atom stereocenters. The minimum atomic E-state index is 0.124. The molecule has 5 heteroatoms. The van der Waals surface area contributed by atoms with Crippen molar-refractivity contribution in [2.45, 2.75) is 44.0 Å². The second kappa shape index (κ2) is 9.37. The SMILES string of the molecule is COc1ccc(C2CCCN2C(=O)CCSc2ccc(C)c(C)c2)cc1OC. The van der Waals surface area contributed by atoms with Crippen LogP contribution in [0.4, 0.5) is 0 Å². The number of aryl methyl sites for hydroxylation is 2. The Morgan fingerprint density at radius 2 is 1.86 bits per heavy atom. The van der Waals surface area contributed by atoms with Gasteiger partial charge in [0.05, 0.1) is 20.3 Å². The summed E-state index contributed by atoms with van der Waals surface area (Å²) >= 11 is 1.75. The molecule has 1 heterocycles. The van der Waals surface area contributed by atoms with Crippen LogP contribution in [0.15, 0.2) is 41.3 Å². The Kier molecular flexibility index (Phi) is 6.89. The van der Waals surface area contributed by atoms with Gasteiger partial charge in [0.15, 0.2) is 11.5 Å². The predicted molar refractivity (Wildman–Crippen MR) is 114 cm³/mol. The Labute approximate surface area is 172 Å². The highest BCUT2D eigenvalue weighted by Gasteiger charge is 2.30. The molecule has 0 spiro atoms. The fourth-order valence-electron chi connectivity index (χ4n) is 3.68. The van der Waals surface area contributed by atoms with E-state index < -0.39 is 0 Å². The monoisotopic (exact) mass is 399 g/mol. The van der Waals surface area contributed by atoms with Crippen LogP contribution in [-0.2, 0) is 4.79 Å². The first-order valence-electron chi connectivity index (χ1n) is 9.75. The van der Waals surface area contributed by atoms with E-state index in [9.17, 15) is 4.79 Å². The van der Waals surface area contributed by atoms with Crippen molar-refractivity contribution in [3.05, 3.63) is 53.1 Å². The number of hydrogen-bond donors (Lipinski definition) is 0. The van der Waals surface area contributed by atoms with Crippen LogP contribution in [0.1, 0.15) is 42.0 Å². The number of carbonyl (C=O) groups is 1. The largest absolute Gasteiger partial charge is 0.493 e. The topological polar surface area (TPSA) is 38.8 Å². The lowest BCUT2D eigenvalue weighted by Gasteiger charge is -2.26. The van der Waals surface area contributed by atoms with Crippen LogP contribution in [0.25, 0.3) is 0 Å². The molecule has 1 aliphatic rings. The van der Waals surface area contributed by atoms with E-state index in [1.54, 1.807) is 26.0 Å². The van der Waals surface area contributed by atoms with Gasteiger partial charge in [-0.15, -0.1) is 11.8 Å². The average molecular weight is 400 g/mol. The quantitative estimate of drug-likeness (QED) is 0.602. The molecular weight excluding hydrogens is 370 g/mol. The van der Waals surface area contributed by atoms with E-state index in [2.05, 4.69) is 32.0 Å². The van der Waals surface area contributed by atoms with Gasteiger partial charge in [-0.2, -0.15) is 0 Å². The van der Waals surface area contributed by atoms with Gasteiger partial charge in [-0.05, 0) is 67.6 Å². The maximum Gasteiger partial charge on any atom is 0.223 e. The lowest BCUT2D eigenvalue weighted by Crippen LogP contribution is -2.30. The molecule has 1 aliphatic heterocycles. The fourth-order valence-corrected chi connectivity index (χ4v) is 4.61. The zero-order valence-corrected chi connectivity index (χ0v) is 18.0. The van der Waals surface area contributed by atoms with Crippen molar-refractivity contribution in [1.29, 1.82) is 0 Å². The molecule has 0 bridgehead atoms. The number of methoxy groups -OCH3 is 2.